The van der Waals surface area contributed by atoms with E-state index in [1.807, 2.05) is 0 Å². The molecule has 3 aromatic heterocycles. The number of nitrogens with one attached hydrogen (secondary N) is 1. The van der Waals surface area contributed by atoms with Crippen molar-refractivity contribution in [2.75, 3.05) is 11.1 Å². The highest BCUT2D eigenvalue weighted by molar-refractivity contribution is 5.76. The first-order valence-electron chi connectivity index (χ1n) is 8.78. The zero-order chi connectivity index (χ0) is 17.9. The van der Waals surface area contributed by atoms with Crippen molar-refractivity contribution >= 4 is 17.0 Å². The Bertz CT molecular complexity index is 949. The van der Waals surface area contributed by atoms with Gasteiger partial charge in [-0.3, -0.25) is 4.98 Å². The molecule has 132 valence electrons. The molecule has 4 rings (SSSR count). The average Bonchev–Trinajstić information content (AvgIpc) is 3.09. The molecule has 3 aromatic rings. The monoisotopic (exact) mass is 348 g/mol. The maximum Gasteiger partial charge on any atom is 0.165 e. The number of rotatable bonds is 4. The lowest BCUT2D eigenvalue weighted by atomic mass is 9.84. The van der Waals surface area contributed by atoms with Gasteiger partial charge in [0.05, 0.1) is 41.4 Å². The number of hydrogen-bond acceptors (Lipinski definition) is 7. The maximum atomic E-state index is 8.84. The van der Waals surface area contributed by atoms with Gasteiger partial charge in [-0.1, -0.05) is 0 Å². The van der Waals surface area contributed by atoms with Crippen molar-refractivity contribution in [1.82, 2.24) is 24.6 Å². The molecule has 0 aliphatic heterocycles. The Kier molecular flexibility index (Phi) is 4.35. The fourth-order valence-electron chi connectivity index (χ4n) is 3.48. The molecule has 0 unspecified atom stereocenters. The first-order chi connectivity index (χ1) is 12.7. The summed E-state index contributed by atoms with van der Waals surface area (Å²) in [4.78, 5) is 13.1. The van der Waals surface area contributed by atoms with E-state index in [-0.39, 0.29) is 0 Å². The molecule has 3 heterocycles. The van der Waals surface area contributed by atoms with Gasteiger partial charge in [-0.05, 0) is 31.6 Å². The summed E-state index contributed by atoms with van der Waals surface area (Å²) in [6, 6.07) is 2.59. The van der Waals surface area contributed by atoms with Crippen LogP contribution in [0.3, 0.4) is 0 Å². The molecule has 1 aliphatic carbocycles. The number of nitriles is 1. The number of nitrogens with two attached hydrogens (primary N) is 1. The molecule has 0 spiro atoms. The third-order valence-electron chi connectivity index (χ3n) is 4.95. The van der Waals surface area contributed by atoms with Crippen molar-refractivity contribution in [3.63, 3.8) is 0 Å². The molecular formula is C18H20N8. The van der Waals surface area contributed by atoms with E-state index in [2.05, 4.69) is 31.4 Å². The van der Waals surface area contributed by atoms with Gasteiger partial charge in [-0.2, -0.15) is 10.4 Å². The molecule has 8 nitrogen and oxygen atoms in total. The first-order valence-corrected chi connectivity index (χ1v) is 8.78. The van der Waals surface area contributed by atoms with E-state index < -0.39 is 0 Å². The van der Waals surface area contributed by atoms with E-state index in [0.29, 0.717) is 35.7 Å². The summed E-state index contributed by atoms with van der Waals surface area (Å²) in [5.41, 5.74) is 8.28. The Labute approximate surface area is 151 Å². The van der Waals surface area contributed by atoms with Gasteiger partial charge in [0.15, 0.2) is 11.6 Å². The second-order valence-corrected chi connectivity index (χ2v) is 6.69. The molecule has 1 saturated carbocycles. The van der Waals surface area contributed by atoms with Crippen LogP contribution in [0.5, 0.6) is 0 Å². The van der Waals surface area contributed by atoms with Gasteiger partial charge >= 0.3 is 0 Å². The fraction of sp³-hybridized carbons (Fsp3) is 0.389. The predicted molar refractivity (Wildman–Crippen MR) is 98.0 cm³/mol. The Morgan fingerprint density at radius 1 is 1.23 bits per heavy atom. The molecule has 0 atom stereocenters. The average molecular weight is 348 g/mol. The maximum absolute atomic E-state index is 8.84. The van der Waals surface area contributed by atoms with Crippen molar-refractivity contribution in [3.8, 4) is 17.5 Å². The molecule has 0 radical (unpaired) electrons. The van der Waals surface area contributed by atoms with Gasteiger partial charge in [-0.15, -0.1) is 0 Å². The van der Waals surface area contributed by atoms with Crippen LogP contribution in [0.2, 0.25) is 0 Å². The number of aromatic nitrogens is 5. The van der Waals surface area contributed by atoms with Crippen LogP contribution in [-0.4, -0.2) is 30.6 Å². The van der Waals surface area contributed by atoms with E-state index in [9.17, 15) is 0 Å². The zero-order valence-corrected chi connectivity index (χ0v) is 14.3. The Morgan fingerprint density at radius 2 is 2.08 bits per heavy atom. The summed E-state index contributed by atoms with van der Waals surface area (Å²) in [5.74, 6) is 1.74. The molecule has 1 fully saturated rings. The number of nitrogen functional groups attached to an aromatic ring is 1. The lowest BCUT2D eigenvalue weighted by molar-refractivity contribution is 0.342. The lowest BCUT2D eigenvalue weighted by Gasteiger charge is -2.28. The van der Waals surface area contributed by atoms with Crippen LogP contribution in [0.15, 0.2) is 31.0 Å². The van der Waals surface area contributed by atoms with Gasteiger partial charge in [0, 0.05) is 24.9 Å². The fourth-order valence-corrected chi connectivity index (χ4v) is 3.48. The lowest BCUT2D eigenvalue weighted by Crippen LogP contribution is -2.27. The summed E-state index contributed by atoms with van der Waals surface area (Å²) < 4.78 is 1.74. The Hall–Kier alpha value is -3.21. The molecular weight excluding hydrogens is 328 g/mol. The normalized spacial score (nSPS) is 20.0. The number of hydrogen-bond donors (Lipinski definition) is 2. The highest BCUT2D eigenvalue weighted by Crippen LogP contribution is 2.30. The highest BCUT2D eigenvalue weighted by Gasteiger charge is 2.22. The smallest absolute Gasteiger partial charge is 0.165 e. The van der Waals surface area contributed by atoms with Gasteiger partial charge in [0.2, 0.25) is 0 Å². The minimum Gasteiger partial charge on any atom is -0.394 e. The van der Waals surface area contributed by atoms with Gasteiger partial charge in [-0.25, -0.2) is 14.5 Å². The van der Waals surface area contributed by atoms with E-state index in [0.717, 1.165) is 36.8 Å². The minimum absolute atomic E-state index is 0.320. The van der Waals surface area contributed by atoms with Gasteiger partial charge in [0.25, 0.3) is 0 Å². The van der Waals surface area contributed by atoms with Crippen molar-refractivity contribution in [2.24, 2.45) is 5.92 Å². The van der Waals surface area contributed by atoms with Crippen LogP contribution in [-0.2, 0) is 0 Å². The van der Waals surface area contributed by atoms with Crippen molar-refractivity contribution < 1.29 is 0 Å². The number of nitrogens with zero attached hydrogens (tertiary/aromatic N) is 6. The highest BCUT2D eigenvalue weighted by atomic mass is 15.2. The second kappa shape index (κ2) is 6.96. The number of fused-ring (bicyclic) bond motifs is 1. The molecule has 26 heavy (non-hydrogen) atoms. The minimum atomic E-state index is 0.320. The Balaban J connectivity index is 1.55. The topological polar surface area (TPSA) is 118 Å². The van der Waals surface area contributed by atoms with Crippen molar-refractivity contribution in [2.45, 2.75) is 38.1 Å². The molecule has 3 N–H and O–H groups in total. The van der Waals surface area contributed by atoms with E-state index in [1.54, 1.807) is 35.5 Å². The summed E-state index contributed by atoms with van der Waals surface area (Å²) in [7, 11) is 0. The van der Waals surface area contributed by atoms with Crippen LogP contribution in [0.1, 0.15) is 32.1 Å². The standard InChI is InChI=1S/C18H20N8/c19-6-5-12-1-3-13(4-2-12)24-18-15(20)10-22-17(25-18)14-9-23-26-8-7-21-11-16(14)26/h7-13H,1-5,20H2,(H,22,24,25)/t12-,13-. The zero-order valence-electron chi connectivity index (χ0n) is 14.3. The molecule has 0 aromatic carbocycles. The van der Waals surface area contributed by atoms with Crippen LogP contribution >= 0.6 is 0 Å². The number of anilines is 2. The molecule has 8 heteroatoms. The molecule has 0 amide bonds. The van der Waals surface area contributed by atoms with Crippen LogP contribution in [0, 0.1) is 17.2 Å². The SMILES string of the molecule is N#CC[C@H]1CC[C@H](Nc2nc(-c3cnn4ccncc34)ncc2N)CC1. The third kappa shape index (κ3) is 3.16. The van der Waals surface area contributed by atoms with Crippen LogP contribution in [0.25, 0.3) is 16.9 Å². The second-order valence-electron chi connectivity index (χ2n) is 6.69. The summed E-state index contributed by atoms with van der Waals surface area (Å²) in [6.07, 6.45) is 13.4. The summed E-state index contributed by atoms with van der Waals surface area (Å²) in [5, 5.41) is 16.6. The quantitative estimate of drug-likeness (QED) is 0.744. The molecule has 0 saturated heterocycles. The third-order valence-corrected chi connectivity index (χ3v) is 4.95. The van der Waals surface area contributed by atoms with E-state index in [4.69, 9.17) is 11.0 Å². The van der Waals surface area contributed by atoms with Crippen molar-refractivity contribution in [1.29, 1.82) is 5.26 Å². The molecule has 1 aliphatic rings. The van der Waals surface area contributed by atoms with E-state index >= 15 is 0 Å². The van der Waals surface area contributed by atoms with Gasteiger partial charge in [0.1, 0.15) is 0 Å². The Morgan fingerprint density at radius 3 is 2.88 bits per heavy atom. The van der Waals surface area contributed by atoms with Gasteiger partial charge < -0.3 is 11.1 Å². The van der Waals surface area contributed by atoms with Crippen LogP contribution in [0.4, 0.5) is 11.5 Å². The first kappa shape index (κ1) is 16.3. The molecule has 0 bridgehead atoms. The summed E-state index contributed by atoms with van der Waals surface area (Å²) >= 11 is 0. The summed E-state index contributed by atoms with van der Waals surface area (Å²) in [6.45, 7) is 0. The van der Waals surface area contributed by atoms with E-state index in [1.165, 1.54) is 0 Å². The largest absolute Gasteiger partial charge is 0.394 e. The predicted octanol–water partition coefficient (Wildman–Crippen LogP) is 2.65. The van der Waals surface area contributed by atoms with Crippen LogP contribution < -0.4 is 11.1 Å². The van der Waals surface area contributed by atoms with Crippen molar-refractivity contribution in [3.05, 3.63) is 31.0 Å².